The summed E-state index contributed by atoms with van der Waals surface area (Å²) in [5, 5.41) is 3.46. The summed E-state index contributed by atoms with van der Waals surface area (Å²) in [5.74, 6) is 0. The minimum Gasteiger partial charge on any atom is -0.447 e. The van der Waals surface area contributed by atoms with E-state index in [4.69, 9.17) is 4.74 Å². The molecular formula is C15H15BrN2O2S. The highest BCUT2D eigenvalue weighted by atomic mass is 79.9. The molecule has 6 heteroatoms. The molecule has 1 amide bonds. The first-order valence-electron chi connectivity index (χ1n) is 6.69. The lowest BCUT2D eigenvalue weighted by Crippen LogP contribution is -2.23. The van der Waals surface area contributed by atoms with Gasteiger partial charge >= 0.3 is 6.09 Å². The second-order valence-electron chi connectivity index (χ2n) is 4.82. The van der Waals surface area contributed by atoms with Crippen LogP contribution in [0.25, 0.3) is 0 Å². The van der Waals surface area contributed by atoms with E-state index in [0.717, 1.165) is 15.2 Å². The minimum absolute atomic E-state index is 0.210. The van der Waals surface area contributed by atoms with Gasteiger partial charge in [-0.15, -0.1) is 11.3 Å². The van der Waals surface area contributed by atoms with Crippen LogP contribution >= 0.6 is 27.3 Å². The van der Waals surface area contributed by atoms with Gasteiger partial charge in [0.15, 0.2) is 0 Å². The molecule has 1 aromatic heterocycles. The number of ether oxygens (including phenoxy) is 1. The van der Waals surface area contributed by atoms with Crippen molar-refractivity contribution in [2.24, 2.45) is 0 Å². The fourth-order valence-corrected chi connectivity index (χ4v) is 3.70. The summed E-state index contributed by atoms with van der Waals surface area (Å²) in [7, 11) is 0. The first kappa shape index (κ1) is 14.4. The molecular weight excluding hydrogens is 352 g/mol. The molecule has 0 aliphatic carbocycles. The van der Waals surface area contributed by atoms with Gasteiger partial charge in [-0.05, 0) is 53.2 Å². The summed E-state index contributed by atoms with van der Waals surface area (Å²) in [6, 6.07) is 12.2. The predicted octanol–water partition coefficient (Wildman–Crippen LogP) is 4.64. The molecule has 1 fully saturated rings. The van der Waals surface area contributed by atoms with E-state index in [-0.39, 0.29) is 12.1 Å². The Morgan fingerprint density at radius 1 is 1.38 bits per heavy atom. The Balaban J connectivity index is 1.75. The first-order chi connectivity index (χ1) is 10.1. The van der Waals surface area contributed by atoms with Gasteiger partial charge in [-0.2, -0.15) is 0 Å². The highest BCUT2D eigenvalue weighted by Crippen LogP contribution is 2.30. The van der Waals surface area contributed by atoms with Crippen molar-refractivity contribution in [3.63, 3.8) is 0 Å². The number of nitrogens with zero attached hydrogens (tertiary/aromatic N) is 1. The van der Waals surface area contributed by atoms with Crippen LogP contribution in [0.4, 0.5) is 16.2 Å². The molecule has 1 aliphatic heterocycles. The van der Waals surface area contributed by atoms with Crippen LogP contribution in [0, 0.1) is 0 Å². The molecule has 1 aliphatic rings. The van der Waals surface area contributed by atoms with E-state index >= 15 is 0 Å². The van der Waals surface area contributed by atoms with E-state index in [1.54, 1.807) is 16.2 Å². The van der Waals surface area contributed by atoms with Crippen molar-refractivity contribution in [1.82, 2.24) is 0 Å². The van der Waals surface area contributed by atoms with Crippen LogP contribution in [0.15, 0.2) is 40.2 Å². The molecule has 1 atom stereocenters. The van der Waals surface area contributed by atoms with Gasteiger partial charge in [-0.3, -0.25) is 4.90 Å². The lowest BCUT2D eigenvalue weighted by Gasteiger charge is -2.17. The number of anilines is 2. The molecule has 0 radical (unpaired) electrons. The molecule has 21 heavy (non-hydrogen) atoms. The SMILES string of the molecule is CC(Nc1cccc(N2CCOC2=O)c1)c1ccc(Br)s1. The third-order valence-corrected chi connectivity index (χ3v) is 5.13. The topological polar surface area (TPSA) is 41.6 Å². The summed E-state index contributed by atoms with van der Waals surface area (Å²) in [5.41, 5.74) is 1.85. The monoisotopic (exact) mass is 366 g/mol. The normalized spacial score (nSPS) is 15.9. The molecule has 1 unspecified atom stereocenters. The smallest absolute Gasteiger partial charge is 0.414 e. The van der Waals surface area contributed by atoms with Gasteiger partial charge in [0.05, 0.1) is 16.4 Å². The van der Waals surface area contributed by atoms with Crippen LogP contribution in [-0.2, 0) is 4.74 Å². The van der Waals surface area contributed by atoms with Crippen LogP contribution in [-0.4, -0.2) is 19.2 Å². The fraction of sp³-hybridized carbons (Fsp3) is 0.267. The van der Waals surface area contributed by atoms with Gasteiger partial charge < -0.3 is 10.1 Å². The summed E-state index contributed by atoms with van der Waals surface area (Å²) < 4.78 is 6.10. The number of carbonyl (C=O) groups is 1. The predicted molar refractivity (Wildman–Crippen MR) is 89.2 cm³/mol. The highest BCUT2D eigenvalue weighted by Gasteiger charge is 2.23. The van der Waals surface area contributed by atoms with E-state index < -0.39 is 0 Å². The molecule has 2 aromatic rings. The van der Waals surface area contributed by atoms with E-state index in [1.165, 1.54) is 4.88 Å². The number of halogens is 1. The number of hydrogen-bond acceptors (Lipinski definition) is 4. The maximum atomic E-state index is 11.6. The minimum atomic E-state index is -0.276. The van der Waals surface area contributed by atoms with Crippen LogP contribution in [0.2, 0.25) is 0 Å². The van der Waals surface area contributed by atoms with Crippen molar-refractivity contribution < 1.29 is 9.53 Å². The summed E-state index contributed by atoms with van der Waals surface area (Å²) in [4.78, 5) is 14.5. The Morgan fingerprint density at radius 2 is 2.24 bits per heavy atom. The lowest BCUT2D eigenvalue weighted by molar-refractivity contribution is 0.181. The quantitative estimate of drug-likeness (QED) is 0.856. The van der Waals surface area contributed by atoms with E-state index in [1.807, 2.05) is 24.3 Å². The number of hydrogen-bond donors (Lipinski definition) is 1. The Bertz CT molecular complexity index is 659. The van der Waals surface area contributed by atoms with Crippen molar-refractivity contribution in [2.45, 2.75) is 13.0 Å². The number of cyclic esters (lactones) is 1. The number of rotatable bonds is 4. The van der Waals surface area contributed by atoms with E-state index in [0.29, 0.717) is 13.2 Å². The molecule has 0 bridgehead atoms. The van der Waals surface area contributed by atoms with Crippen LogP contribution in [0.1, 0.15) is 17.8 Å². The third-order valence-electron chi connectivity index (χ3n) is 3.32. The highest BCUT2D eigenvalue weighted by molar-refractivity contribution is 9.11. The molecule has 110 valence electrons. The molecule has 1 aromatic carbocycles. The summed E-state index contributed by atoms with van der Waals surface area (Å²) >= 11 is 5.20. The molecule has 1 N–H and O–H groups in total. The van der Waals surface area contributed by atoms with Gasteiger partial charge in [0, 0.05) is 16.3 Å². The van der Waals surface area contributed by atoms with Crippen molar-refractivity contribution >= 4 is 44.7 Å². The van der Waals surface area contributed by atoms with Gasteiger partial charge in [0.2, 0.25) is 0 Å². The third kappa shape index (κ3) is 3.22. The van der Waals surface area contributed by atoms with Gasteiger partial charge in [0.25, 0.3) is 0 Å². The Kier molecular flexibility index (Phi) is 4.17. The van der Waals surface area contributed by atoms with Crippen molar-refractivity contribution in [2.75, 3.05) is 23.4 Å². The lowest BCUT2D eigenvalue weighted by atomic mass is 10.2. The zero-order valence-corrected chi connectivity index (χ0v) is 13.9. The first-order valence-corrected chi connectivity index (χ1v) is 8.30. The van der Waals surface area contributed by atoms with E-state index in [9.17, 15) is 4.79 Å². The molecule has 3 rings (SSSR count). The van der Waals surface area contributed by atoms with Crippen LogP contribution < -0.4 is 10.2 Å². The van der Waals surface area contributed by atoms with Gasteiger partial charge in [-0.25, -0.2) is 4.79 Å². The number of amides is 1. The average molecular weight is 367 g/mol. The molecule has 2 heterocycles. The van der Waals surface area contributed by atoms with Gasteiger partial charge in [0.1, 0.15) is 6.61 Å². The van der Waals surface area contributed by atoms with Crippen molar-refractivity contribution in [3.05, 3.63) is 45.1 Å². The molecule has 0 saturated carbocycles. The number of thiophene rings is 1. The fourth-order valence-electron chi connectivity index (χ4n) is 2.27. The molecule has 1 saturated heterocycles. The number of nitrogens with one attached hydrogen (secondary N) is 1. The number of benzene rings is 1. The second kappa shape index (κ2) is 6.07. The molecule has 4 nitrogen and oxygen atoms in total. The van der Waals surface area contributed by atoms with Crippen molar-refractivity contribution in [3.8, 4) is 0 Å². The maximum absolute atomic E-state index is 11.6. The molecule has 0 spiro atoms. The second-order valence-corrected chi connectivity index (χ2v) is 7.32. The van der Waals surface area contributed by atoms with E-state index in [2.05, 4.69) is 40.3 Å². The Hall–Kier alpha value is -1.53. The maximum Gasteiger partial charge on any atom is 0.414 e. The Morgan fingerprint density at radius 3 is 2.90 bits per heavy atom. The average Bonchev–Trinajstić information content (AvgIpc) is 3.08. The van der Waals surface area contributed by atoms with Crippen LogP contribution in [0.5, 0.6) is 0 Å². The standard InChI is InChI=1S/C15H15BrN2O2S/c1-10(13-5-6-14(16)21-13)17-11-3-2-4-12(9-11)18-7-8-20-15(18)19/h2-6,9-10,17H,7-8H2,1H3. The van der Waals surface area contributed by atoms with Crippen LogP contribution in [0.3, 0.4) is 0 Å². The number of carbonyl (C=O) groups excluding carboxylic acids is 1. The summed E-state index contributed by atoms with van der Waals surface area (Å²) in [6.45, 7) is 3.18. The largest absolute Gasteiger partial charge is 0.447 e. The van der Waals surface area contributed by atoms with Gasteiger partial charge in [-0.1, -0.05) is 6.07 Å². The van der Waals surface area contributed by atoms with Crippen molar-refractivity contribution in [1.29, 1.82) is 0 Å². The zero-order valence-electron chi connectivity index (χ0n) is 11.5. The zero-order chi connectivity index (χ0) is 14.8. The Labute approximate surface area is 135 Å². The summed E-state index contributed by atoms with van der Waals surface area (Å²) in [6.07, 6.45) is -0.276.